The molecule has 0 spiro atoms. The number of alkyl halides is 3. The molecule has 3 aromatic heterocycles. The first-order valence-electron chi connectivity index (χ1n) is 8.41. The number of nitrogens with zero attached hydrogens (tertiary/aromatic N) is 8. The van der Waals surface area contributed by atoms with Crippen LogP contribution in [0, 0.1) is 0 Å². The lowest BCUT2D eigenvalue weighted by atomic mass is 10.0. The number of hydrogen-bond donors (Lipinski definition) is 1. The van der Waals surface area contributed by atoms with Crippen molar-refractivity contribution in [3.63, 3.8) is 0 Å². The summed E-state index contributed by atoms with van der Waals surface area (Å²) in [6.45, 7) is 3.08. The topological polar surface area (TPSA) is 140 Å². The first-order valence-corrected chi connectivity index (χ1v) is 8.41. The molecule has 0 unspecified atom stereocenters. The predicted molar refractivity (Wildman–Crippen MR) is 94.3 cm³/mol. The van der Waals surface area contributed by atoms with Crippen molar-refractivity contribution in [3.05, 3.63) is 47.8 Å². The zero-order valence-electron chi connectivity index (χ0n) is 15.7. The fourth-order valence-corrected chi connectivity index (χ4v) is 2.63. The van der Waals surface area contributed by atoms with Gasteiger partial charge >= 0.3 is 6.18 Å². The van der Waals surface area contributed by atoms with Gasteiger partial charge in [0.15, 0.2) is 11.6 Å². The van der Waals surface area contributed by atoms with Crippen LogP contribution in [0.4, 0.5) is 13.2 Å². The summed E-state index contributed by atoms with van der Waals surface area (Å²) >= 11 is 0. The van der Waals surface area contributed by atoms with Crippen LogP contribution in [0.3, 0.4) is 0 Å². The number of carbonyl (C=O) groups is 1. The van der Waals surface area contributed by atoms with Crippen molar-refractivity contribution in [1.29, 1.82) is 0 Å². The number of aromatic nitrogens is 8. The van der Waals surface area contributed by atoms with Gasteiger partial charge < -0.3 is 10.5 Å². The Hall–Kier alpha value is -3.68. The molecule has 1 amide bonds. The number of rotatable bonds is 8. The molecule has 0 saturated heterocycles. The van der Waals surface area contributed by atoms with E-state index in [0.29, 0.717) is 11.9 Å². The largest absolute Gasteiger partial charge is 0.433 e. The van der Waals surface area contributed by atoms with Crippen LogP contribution in [0.2, 0.25) is 0 Å². The number of pyridine rings is 1. The highest BCUT2D eigenvalue weighted by Gasteiger charge is 2.36. The summed E-state index contributed by atoms with van der Waals surface area (Å²) in [6.07, 6.45) is -1.91. The third-order valence-electron chi connectivity index (χ3n) is 3.82. The van der Waals surface area contributed by atoms with Crippen LogP contribution in [-0.4, -0.2) is 45.9 Å². The van der Waals surface area contributed by atoms with Crippen LogP contribution < -0.4 is 5.73 Å². The van der Waals surface area contributed by atoms with E-state index in [1.807, 2.05) is 0 Å². The smallest absolute Gasteiger partial charge is 0.367 e. The van der Waals surface area contributed by atoms with Gasteiger partial charge in [0.25, 0.3) is 5.91 Å². The second-order valence-electron chi connectivity index (χ2n) is 6.04. The van der Waals surface area contributed by atoms with Gasteiger partial charge in [-0.2, -0.15) is 18.3 Å². The molecule has 2 N–H and O–H groups in total. The number of aryl methyl sites for hydroxylation is 1. The standard InChI is InChI=1S/C16H16F3N9O2/c1-3-4-28-15(23-25-26-28)9-5-11(16(17,18)19)22-10(13(9)14(20)29)6-30-7-12-21-8-27(2)24-12/h3,5,8H,1,4,6-7H2,2H3,(H2,20,29). The van der Waals surface area contributed by atoms with Crippen molar-refractivity contribution in [2.75, 3.05) is 0 Å². The van der Waals surface area contributed by atoms with Crippen LogP contribution >= 0.6 is 0 Å². The van der Waals surface area contributed by atoms with Crippen LogP contribution in [0.25, 0.3) is 11.4 Å². The number of tetrazole rings is 1. The average molecular weight is 423 g/mol. The monoisotopic (exact) mass is 423 g/mol. The molecular weight excluding hydrogens is 407 g/mol. The number of primary amides is 1. The molecule has 3 rings (SSSR count). The Morgan fingerprint density at radius 2 is 2.13 bits per heavy atom. The molecule has 3 aromatic rings. The van der Waals surface area contributed by atoms with Crippen molar-refractivity contribution >= 4 is 5.91 Å². The third kappa shape index (κ3) is 4.48. The molecule has 0 radical (unpaired) electrons. The fraction of sp³-hybridized carbons (Fsp3) is 0.312. The normalized spacial score (nSPS) is 11.6. The highest BCUT2D eigenvalue weighted by Crippen LogP contribution is 2.33. The summed E-state index contributed by atoms with van der Waals surface area (Å²) in [5, 5.41) is 14.9. The molecule has 158 valence electrons. The highest BCUT2D eigenvalue weighted by molar-refractivity contribution is 6.00. The molecule has 11 nitrogen and oxygen atoms in total. The molecule has 3 heterocycles. The lowest BCUT2D eigenvalue weighted by Gasteiger charge is -2.15. The van der Waals surface area contributed by atoms with Crippen molar-refractivity contribution < 1.29 is 22.7 Å². The minimum Gasteiger partial charge on any atom is -0.367 e. The Bertz CT molecular complexity index is 1070. The van der Waals surface area contributed by atoms with E-state index in [0.717, 1.165) is 0 Å². The maximum Gasteiger partial charge on any atom is 0.433 e. The minimum atomic E-state index is -4.79. The number of halogens is 3. The van der Waals surface area contributed by atoms with Gasteiger partial charge in [0.05, 0.1) is 24.4 Å². The van der Waals surface area contributed by atoms with Crippen LogP contribution in [0.5, 0.6) is 0 Å². The fourth-order valence-electron chi connectivity index (χ4n) is 2.63. The van der Waals surface area contributed by atoms with E-state index < -0.39 is 24.4 Å². The summed E-state index contributed by atoms with van der Waals surface area (Å²) in [4.78, 5) is 19.6. The molecule has 0 aliphatic rings. The molecule has 0 aromatic carbocycles. The second-order valence-corrected chi connectivity index (χ2v) is 6.04. The summed E-state index contributed by atoms with van der Waals surface area (Å²) in [6, 6.07) is 0.676. The first-order chi connectivity index (χ1) is 14.2. The number of carbonyl (C=O) groups excluding carboxylic acids is 1. The van der Waals surface area contributed by atoms with Gasteiger partial charge in [0.1, 0.15) is 18.6 Å². The minimum absolute atomic E-state index is 0.0933. The Kier molecular flexibility index (Phi) is 5.86. The van der Waals surface area contributed by atoms with Gasteiger partial charge in [-0.25, -0.2) is 14.6 Å². The first kappa shape index (κ1) is 21.0. The molecule has 0 aliphatic heterocycles. The lowest BCUT2D eigenvalue weighted by Crippen LogP contribution is -2.21. The number of nitrogens with two attached hydrogens (primary N) is 1. The van der Waals surface area contributed by atoms with E-state index >= 15 is 0 Å². The molecule has 0 atom stereocenters. The molecular formula is C16H16F3N9O2. The van der Waals surface area contributed by atoms with E-state index in [4.69, 9.17) is 10.5 Å². The Balaban J connectivity index is 2.06. The summed E-state index contributed by atoms with van der Waals surface area (Å²) in [5.41, 5.74) is 3.40. The highest BCUT2D eigenvalue weighted by atomic mass is 19.4. The van der Waals surface area contributed by atoms with Crippen LogP contribution in [0.15, 0.2) is 25.0 Å². The number of hydrogen-bond acceptors (Lipinski definition) is 8. The van der Waals surface area contributed by atoms with Crippen molar-refractivity contribution in [2.24, 2.45) is 12.8 Å². The van der Waals surface area contributed by atoms with E-state index in [2.05, 4.69) is 37.2 Å². The van der Waals surface area contributed by atoms with Gasteiger partial charge in [-0.15, -0.1) is 11.7 Å². The van der Waals surface area contributed by atoms with E-state index in [-0.39, 0.29) is 35.8 Å². The van der Waals surface area contributed by atoms with Crippen LogP contribution in [0.1, 0.15) is 27.6 Å². The zero-order chi connectivity index (χ0) is 21.9. The summed E-state index contributed by atoms with van der Waals surface area (Å²) in [5.74, 6) is -0.793. The van der Waals surface area contributed by atoms with E-state index in [1.165, 1.54) is 21.8 Å². The molecule has 0 bridgehead atoms. The Morgan fingerprint density at radius 3 is 2.73 bits per heavy atom. The number of allylic oxidation sites excluding steroid dienone is 1. The SMILES string of the molecule is C=CCn1nnnc1-c1cc(C(F)(F)F)nc(COCc2ncn(C)n2)c1C(N)=O. The Morgan fingerprint density at radius 1 is 1.37 bits per heavy atom. The Labute approximate surface area is 167 Å². The maximum absolute atomic E-state index is 13.4. The molecule has 0 fully saturated rings. The van der Waals surface area contributed by atoms with E-state index in [9.17, 15) is 18.0 Å². The molecule has 0 saturated carbocycles. The van der Waals surface area contributed by atoms with Gasteiger partial charge in [0.2, 0.25) is 0 Å². The molecule has 0 aliphatic carbocycles. The average Bonchev–Trinajstić information content (AvgIpc) is 3.29. The predicted octanol–water partition coefficient (Wildman–Crippen LogP) is 0.884. The summed E-state index contributed by atoms with van der Waals surface area (Å²) in [7, 11) is 1.65. The quantitative estimate of drug-likeness (QED) is 0.527. The van der Waals surface area contributed by atoms with Gasteiger partial charge in [-0.3, -0.25) is 9.48 Å². The second kappa shape index (κ2) is 8.36. The number of amides is 1. The number of ether oxygens (including phenoxy) is 1. The van der Waals surface area contributed by atoms with Crippen LogP contribution in [-0.2, 0) is 37.7 Å². The van der Waals surface area contributed by atoms with Gasteiger partial charge in [-0.05, 0) is 16.5 Å². The maximum atomic E-state index is 13.4. The lowest BCUT2D eigenvalue weighted by molar-refractivity contribution is -0.141. The molecule has 30 heavy (non-hydrogen) atoms. The van der Waals surface area contributed by atoms with Gasteiger partial charge in [-0.1, -0.05) is 6.08 Å². The van der Waals surface area contributed by atoms with E-state index in [1.54, 1.807) is 7.05 Å². The summed E-state index contributed by atoms with van der Waals surface area (Å²) < 4.78 is 48.3. The van der Waals surface area contributed by atoms with Gasteiger partial charge in [0, 0.05) is 12.6 Å². The molecule has 14 heteroatoms. The van der Waals surface area contributed by atoms with Crippen molar-refractivity contribution in [1.82, 2.24) is 40.0 Å². The van der Waals surface area contributed by atoms with Crippen molar-refractivity contribution in [3.8, 4) is 11.4 Å². The third-order valence-corrected chi connectivity index (χ3v) is 3.82. The van der Waals surface area contributed by atoms with Crippen molar-refractivity contribution in [2.45, 2.75) is 25.9 Å². The zero-order valence-corrected chi connectivity index (χ0v) is 15.7.